The van der Waals surface area contributed by atoms with Crippen molar-refractivity contribution in [2.24, 2.45) is 0 Å². The molecule has 0 heterocycles. The van der Waals surface area contributed by atoms with E-state index in [9.17, 15) is 0 Å². The molecule has 4 aromatic carbocycles. The number of allylic oxidation sites excluding steroid dienone is 1. The number of rotatable bonds is 4. The molecule has 4 aromatic rings. The van der Waals surface area contributed by atoms with Crippen molar-refractivity contribution in [2.75, 3.05) is 0 Å². The second kappa shape index (κ2) is 8.42. The Morgan fingerprint density at radius 3 is 2.17 bits per heavy atom. The zero-order valence-electron chi connectivity index (χ0n) is 20.4. The molecule has 0 fully saturated rings. The van der Waals surface area contributed by atoms with Gasteiger partial charge in [-0.25, -0.2) is 0 Å². The zero-order chi connectivity index (χ0) is 24.4. The summed E-state index contributed by atoms with van der Waals surface area (Å²) in [7, 11) is 16.4. The van der Waals surface area contributed by atoms with Gasteiger partial charge in [-0.2, -0.15) is 0 Å². The van der Waals surface area contributed by atoms with E-state index in [0.29, 0.717) is 0 Å². The maximum atomic E-state index is 8.20. The van der Waals surface area contributed by atoms with Gasteiger partial charge in [-0.1, -0.05) is 0 Å². The molecule has 1 atom stereocenters. The Kier molecular flexibility index (Phi) is 5.70. The molecule has 0 saturated heterocycles. The molecular formula is C31H29Cl2SiZr. The van der Waals surface area contributed by atoms with E-state index in [2.05, 4.69) is 117 Å². The van der Waals surface area contributed by atoms with E-state index in [0.717, 1.165) is 6.42 Å². The van der Waals surface area contributed by atoms with Crippen molar-refractivity contribution in [3.8, 4) is 22.3 Å². The summed E-state index contributed by atoms with van der Waals surface area (Å²) in [6.45, 7) is 7.03. The maximum absolute atomic E-state index is 8.20. The van der Waals surface area contributed by atoms with Gasteiger partial charge in [0.25, 0.3) is 0 Å². The molecule has 2 aliphatic carbocycles. The number of hydrogen-bond donors (Lipinski definition) is 0. The van der Waals surface area contributed by atoms with Crippen LogP contribution >= 0.6 is 17.0 Å². The number of halogens is 2. The molecule has 0 aliphatic heterocycles. The molecule has 6 rings (SSSR count). The van der Waals surface area contributed by atoms with Crippen LogP contribution in [0.5, 0.6) is 0 Å². The van der Waals surface area contributed by atoms with Crippen molar-refractivity contribution < 1.29 is 15.6 Å². The topological polar surface area (TPSA) is 0 Å². The molecule has 1 unspecified atom stereocenters. The molecule has 0 radical (unpaired) electrons. The molecule has 2 aliphatic rings. The first-order chi connectivity index (χ1) is 16.8. The van der Waals surface area contributed by atoms with Gasteiger partial charge in [-0.05, 0) is 0 Å². The van der Waals surface area contributed by atoms with Gasteiger partial charge in [-0.3, -0.25) is 0 Å². The van der Waals surface area contributed by atoms with Crippen molar-refractivity contribution in [3.63, 3.8) is 0 Å². The average molecular weight is 592 g/mol. The van der Waals surface area contributed by atoms with E-state index in [1.165, 1.54) is 53.4 Å². The number of hydrogen-bond acceptors (Lipinski definition) is 0. The summed E-state index contributed by atoms with van der Waals surface area (Å²) in [6.07, 6.45) is 3.30. The molecule has 175 valence electrons. The van der Waals surface area contributed by atoms with Crippen LogP contribution in [-0.2, 0) is 22.0 Å². The SMILES string of the molecule is CC1=Cc2c(-c3ccccc3)cccc2[CH]1[Zr]([Cl])([Cl])([c]1cccc2c1Cc1ccccc1-2)[SiH](C)C. The van der Waals surface area contributed by atoms with Crippen LogP contribution in [0.25, 0.3) is 28.3 Å². The van der Waals surface area contributed by atoms with Gasteiger partial charge in [0.2, 0.25) is 0 Å². The van der Waals surface area contributed by atoms with E-state index < -0.39 is 21.5 Å². The summed E-state index contributed by atoms with van der Waals surface area (Å²) in [5.74, 6) is -1.51. The fourth-order valence-electron chi connectivity index (χ4n) is 6.53. The van der Waals surface area contributed by atoms with Gasteiger partial charge in [0, 0.05) is 0 Å². The van der Waals surface area contributed by atoms with Gasteiger partial charge in [0.05, 0.1) is 0 Å². The molecule has 0 bridgehead atoms. The van der Waals surface area contributed by atoms with Gasteiger partial charge >= 0.3 is 219 Å². The average Bonchev–Trinajstić information content (AvgIpc) is 3.41. The van der Waals surface area contributed by atoms with Crippen LogP contribution in [0.2, 0.25) is 13.1 Å². The van der Waals surface area contributed by atoms with Crippen molar-refractivity contribution in [1.29, 1.82) is 0 Å². The summed E-state index contributed by atoms with van der Waals surface area (Å²) in [5, 5.41) is 0. The summed E-state index contributed by atoms with van der Waals surface area (Å²) >= 11 is -4.60. The van der Waals surface area contributed by atoms with E-state index in [-0.39, 0.29) is 3.63 Å². The van der Waals surface area contributed by atoms with Crippen LogP contribution in [-0.4, -0.2) is 5.92 Å². The van der Waals surface area contributed by atoms with Crippen molar-refractivity contribution in [1.82, 2.24) is 0 Å². The van der Waals surface area contributed by atoms with E-state index in [1.807, 2.05) is 0 Å². The molecule has 0 spiro atoms. The minimum absolute atomic E-state index is 0.111. The quantitative estimate of drug-likeness (QED) is 0.184. The summed E-state index contributed by atoms with van der Waals surface area (Å²) in [5.41, 5.74) is 11.9. The van der Waals surface area contributed by atoms with Crippen LogP contribution in [0.15, 0.2) is 96.6 Å². The van der Waals surface area contributed by atoms with Crippen LogP contribution in [0.3, 0.4) is 0 Å². The van der Waals surface area contributed by atoms with Crippen LogP contribution in [0.4, 0.5) is 0 Å². The molecule has 0 saturated carbocycles. The summed E-state index contributed by atoms with van der Waals surface area (Å²) < 4.78 is 1.42. The van der Waals surface area contributed by atoms with E-state index in [1.54, 1.807) is 0 Å². The molecule has 0 nitrogen and oxygen atoms in total. The van der Waals surface area contributed by atoms with E-state index >= 15 is 0 Å². The summed E-state index contributed by atoms with van der Waals surface area (Å²) in [6, 6.07) is 32.9. The van der Waals surface area contributed by atoms with Crippen molar-refractivity contribution in [3.05, 3.63) is 119 Å². The molecule has 4 heteroatoms. The fraction of sp³-hybridized carbons (Fsp3) is 0.161. The van der Waals surface area contributed by atoms with E-state index in [4.69, 9.17) is 17.0 Å². The third-order valence-corrected chi connectivity index (χ3v) is 58.5. The molecule has 35 heavy (non-hydrogen) atoms. The van der Waals surface area contributed by atoms with Crippen molar-refractivity contribution in [2.45, 2.75) is 30.1 Å². The predicted octanol–water partition coefficient (Wildman–Crippen LogP) is 8.69. The first-order valence-electron chi connectivity index (χ1n) is 12.4. The van der Waals surface area contributed by atoms with Crippen molar-refractivity contribution >= 4 is 32.3 Å². The summed E-state index contributed by atoms with van der Waals surface area (Å²) in [4.78, 5) is 0. The normalized spacial score (nSPS) is 17.4. The second-order valence-electron chi connectivity index (χ2n) is 10.5. The number of benzene rings is 4. The molecule has 0 aromatic heterocycles. The Morgan fingerprint density at radius 1 is 0.743 bits per heavy atom. The third-order valence-electron chi connectivity index (χ3n) is 8.32. The van der Waals surface area contributed by atoms with Gasteiger partial charge in [0.1, 0.15) is 0 Å². The first-order valence-corrected chi connectivity index (χ1v) is 28.6. The predicted molar refractivity (Wildman–Crippen MR) is 153 cm³/mol. The van der Waals surface area contributed by atoms with Gasteiger partial charge in [0.15, 0.2) is 0 Å². The monoisotopic (exact) mass is 589 g/mol. The van der Waals surface area contributed by atoms with Crippen LogP contribution in [0.1, 0.15) is 32.8 Å². The first kappa shape index (κ1) is 23.7. The Balaban J connectivity index is 1.59. The third kappa shape index (κ3) is 3.41. The Bertz CT molecular complexity index is 1500. The van der Waals surface area contributed by atoms with Gasteiger partial charge < -0.3 is 0 Å². The fourth-order valence-corrected chi connectivity index (χ4v) is 35.1. The standard InChI is InChI=1S/C16H13.C13H9.C2H7Si.2ClH.Zr/c1-12-10-14-8-5-9-15(16(14)11-12)13-6-3-2-4-7-13;1-3-7-12-10(5-1)9-11-6-2-4-8-13(11)12;1-3-2;;;/h2-11H,1H3;1-5,7-8H,9H2;3H,1-2H3;2*1H;/q;;;;;+2/p-2. The van der Waals surface area contributed by atoms with Gasteiger partial charge in [-0.15, -0.1) is 0 Å². The van der Waals surface area contributed by atoms with Crippen LogP contribution < -0.4 is 3.27 Å². The second-order valence-corrected chi connectivity index (χ2v) is 51.9. The Labute approximate surface area is 217 Å². The zero-order valence-corrected chi connectivity index (χ0v) is 25.5. The van der Waals surface area contributed by atoms with Crippen LogP contribution in [0, 0.1) is 0 Å². The molecule has 0 amide bonds. The Morgan fingerprint density at radius 2 is 1.40 bits per heavy atom. The number of fused-ring (bicyclic) bond motifs is 4. The molecule has 0 N–H and O–H groups in total. The Hall–Kier alpha value is -1.70. The minimum atomic E-state index is -4.60. The molecular weight excluding hydrogens is 563 g/mol.